The van der Waals surface area contributed by atoms with Crippen molar-refractivity contribution in [3.63, 3.8) is 0 Å². The number of hydrogen-bond donors (Lipinski definition) is 0. The lowest BCUT2D eigenvalue weighted by Gasteiger charge is -2.09. The van der Waals surface area contributed by atoms with Crippen LogP contribution >= 0.6 is 11.8 Å². The van der Waals surface area contributed by atoms with Gasteiger partial charge in [0.2, 0.25) is 5.16 Å². The Morgan fingerprint density at radius 2 is 1.69 bits per heavy atom. The summed E-state index contributed by atoms with van der Waals surface area (Å²) >= 11 is 1.37. The van der Waals surface area contributed by atoms with Crippen LogP contribution in [0.25, 0.3) is 5.69 Å². The molecule has 0 atom stereocenters. The zero-order valence-corrected chi connectivity index (χ0v) is 14.1. The Bertz CT molecular complexity index is 826. The van der Waals surface area contributed by atoms with Gasteiger partial charge in [-0.15, -0.1) is 18.3 Å². The molecule has 0 aliphatic rings. The molecule has 0 saturated heterocycles. The van der Waals surface area contributed by atoms with Gasteiger partial charge in [0.05, 0.1) is 12.3 Å². The summed E-state index contributed by atoms with van der Waals surface area (Å²) in [5.74, 6) is 1.07. The summed E-state index contributed by atoms with van der Waals surface area (Å²) in [7, 11) is 0. The molecule has 0 saturated carbocycles. The van der Waals surface area contributed by atoms with E-state index >= 15 is 0 Å². The number of benzene rings is 2. The first-order valence-electron chi connectivity index (χ1n) is 7.46. The number of halogens is 3. The Morgan fingerprint density at radius 3 is 2.38 bits per heavy atom. The van der Waals surface area contributed by atoms with Gasteiger partial charge in [-0.05, 0) is 46.8 Å². The van der Waals surface area contributed by atoms with E-state index in [1.807, 2.05) is 30.3 Å². The first-order chi connectivity index (χ1) is 12.5. The van der Waals surface area contributed by atoms with Gasteiger partial charge in [0.15, 0.2) is 0 Å². The number of rotatable bonds is 7. The van der Waals surface area contributed by atoms with E-state index in [1.165, 1.54) is 40.7 Å². The molecule has 10 heteroatoms. The minimum Gasteiger partial charge on any atom is -0.493 e. The van der Waals surface area contributed by atoms with Crippen LogP contribution in [0.15, 0.2) is 59.8 Å². The molecule has 0 fully saturated rings. The van der Waals surface area contributed by atoms with Gasteiger partial charge in [-0.1, -0.05) is 30.0 Å². The molecule has 0 N–H and O–H groups in total. The lowest BCUT2D eigenvalue weighted by atomic mass is 10.3. The van der Waals surface area contributed by atoms with E-state index in [1.54, 1.807) is 0 Å². The number of hydrogen-bond acceptors (Lipinski definition) is 6. The van der Waals surface area contributed by atoms with Crippen LogP contribution in [-0.4, -0.2) is 38.9 Å². The van der Waals surface area contributed by atoms with Gasteiger partial charge < -0.3 is 9.47 Å². The fourth-order valence-corrected chi connectivity index (χ4v) is 2.74. The van der Waals surface area contributed by atoms with Crippen molar-refractivity contribution < 1.29 is 22.6 Å². The van der Waals surface area contributed by atoms with Crippen molar-refractivity contribution in [2.45, 2.75) is 11.5 Å². The molecule has 0 aliphatic heterocycles. The van der Waals surface area contributed by atoms with Gasteiger partial charge >= 0.3 is 6.36 Å². The third-order valence-corrected chi connectivity index (χ3v) is 3.97. The molecule has 1 heterocycles. The summed E-state index contributed by atoms with van der Waals surface area (Å²) in [5.41, 5.74) is 0.524. The predicted octanol–water partition coefficient (Wildman–Crippen LogP) is 3.73. The second kappa shape index (κ2) is 8.09. The number of thioether (sulfide) groups is 1. The number of ether oxygens (including phenoxy) is 2. The lowest BCUT2D eigenvalue weighted by Crippen LogP contribution is -2.17. The van der Waals surface area contributed by atoms with Gasteiger partial charge in [0.25, 0.3) is 0 Å². The second-order valence-corrected chi connectivity index (χ2v) is 5.99. The van der Waals surface area contributed by atoms with Crippen molar-refractivity contribution in [1.29, 1.82) is 0 Å². The quantitative estimate of drug-likeness (QED) is 0.458. The molecule has 136 valence electrons. The van der Waals surface area contributed by atoms with Crippen LogP contribution in [0.3, 0.4) is 0 Å². The number of nitrogens with zero attached hydrogens (tertiary/aromatic N) is 4. The van der Waals surface area contributed by atoms with Crippen molar-refractivity contribution in [1.82, 2.24) is 20.2 Å². The van der Waals surface area contributed by atoms with Crippen LogP contribution in [0, 0.1) is 0 Å². The topological polar surface area (TPSA) is 62.1 Å². The minimum atomic E-state index is -4.73. The Labute approximate surface area is 150 Å². The van der Waals surface area contributed by atoms with Crippen LogP contribution in [-0.2, 0) is 0 Å². The van der Waals surface area contributed by atoms with Crippen molar-refractivity contribution in [3.8, 4) is 17.2 Å². The van der Waals surface area contributed by atoms with Crippen LogP contribution in [0.2, 0.25) is 0 Å². The second-order valence-electron chi connectivity index (χ2n) is 4.92. The van der Waals surface area contributed by atoms with E-state index in [4.69, 9.17) is 4.74 Å². The third kappa shape index (κ3) is 5.12. The maximum Gasteiger partial charge on any atom is 0.573 e. The minimum absolute atomic E-state index is 0.306. The van der Waals surface area contributed by atoms with Gasteiger partial charge in [-0.3, -0.25) is 0 Å². The van der Waals surface area contributed by atoms with Crippen LogP contribution in [0.1, 0.15) is 0 Å². The largest absolute Gasteiger partial charge is 0.573 e. The Kier molecular flexibility index (Phi) is 5.61. The molecule has 2 aromatic carbocycles. The van der Waals surface area contributed by atoms with E-state index < -0.39 is 6.36 Å². The lowest BCUT2D eigenvalue weighted by molar-refractivity contribution is -0.274. The number of aromatic nitrogens is 4. The molecule has 0 unspecified atom stereocenters. The summed E-state index contributed by atoms with van der Waals surface area (Å²) < 4.78 is 47.5. The highest BCUT2D eigenvalue weighted by molar-refractivity contribution is 7.99. The van der Waals surface area contributed by atoms with Gasteiger partial charge in [-0.2, -0.15) is 4.68 Å². The number of alkyl halides is 3. The average Bonchev–Trinajstić information content (AvgIpc) is 3.07. The summed E-state index contributed by atoms with van der Waals surface area (Å²) in [4.78, 5) is 0. The molecule has 1 aromatic heterocycles. The molecule has 6 nitrogen and oxygen atoms in total. The summed E-state index contributed by atoms with van der Waals surface area (Å²) in [5, 5.41) is 11.9. The molecule has 0 bridgehead atoms. The fraction of sp³-hybridized carbons (Fsp3) is 0.188. The monoisotopic (exact) mass is 382 g/mol. The predicted molar refractivity (Wildman–Crippen MR) is 88.5 cm³/mol. The molecule has 0 radical (unpaired) electrons. The summed E-state index contributed by atoms with van der Waals surface area (Å²) in [6.07, 6.45) is -4.73. The molecule has 3 aromatic rings. The van der Waals surface area contributed by atoms with Gasteiger partial charge in [-0.25, -0.2) is 0 Å². The molecular formula is C16H13F3N4O2S. The standard InChI is InChI=1S/C16H13F3N4O2S/c17-16(18,19)25-14-8-6-12(7-9-14)23-15(20-21-22-23)26-11-10-24-13-4-2-1-3-5-13/h1-9H,10-11H2. The van der Waals surface area contributed by atoms with Gasteiger partial charge in [0.1, 0.15) is 11.5 Å². The summed E-state index contributed by atoms with van der Waals surface area (Å²) in [6.45, 7) is 0.458. The van der Waals surface area contributed by atoms with Crippen LogP contribution in [0.5, 0.6) is 11.5 Å². The molecule has 0 spiro atoms. The highest BCUT2D eigenvalue weighted by Gasteiger charge is 2.31. The normalized spacial score (nSPS) is 11.3. The smallest absolute Gasteiger partial charge is 0.493 e. The van der Waals surface area contributed by atoms with E-state index in [0.29, 0.717) is 23.2 Å². The zero-order valence-electron chi connectivity index (χ0n) is 13.3. The molecule has 0 amide bonds. The highest BCUT2D eigenvalue weighted by Crippen LogP contribution is 2.25. The first-order valence-corrected chi connectivity index (χ1v) is 8.45. The third-order valence-electron chi connectivity index (χ3n) is 3.08. The van der Waals surface area contributed by atoms with Gasteiger partial charge in [0, 0.05) is 5.75 Å². The van der Waals surface area contributed by atoms with Crippen LogP contribution < -0.4 is 9.47 Å². The zero-order chi connectivity index (χ0) is 18.4. The number of tetrazole rings is 1. The maximum atomic E-state index is 12.2. The number of para-hydroxylation sites is 1. The Hall–Kier alpha value is -2.75. The van der Waals surface area contributed by atoms with Crippen molar-refractivity contribution in [2.24, 2.45) is 0 Å². The molecule has 3 rings (SSSR count). The van der Waals surface area contributed by atoms with E-state index in [2.05, 4.69) is 20.3 Å². The molecule has 0 aliphatic carbocycles. The van der Waals surface area contributed by atoms with E-state index in [9.17, 15) is 13.2 Å². The average molecular weight is 382 g/mol. The van der Waals surface area contributed by atoms with E-state index in [0.717, 1.165) is 5.75 Å². The fourth-order valence-electron chi connectivity index (χ4n) is 2.03. The van der Waals surface area contributed by atoms with Crippen LogP contribution in [0.4, 0.5) is 13.2 Å². The first kappa shape index (κ1) is 18.1. The Balaban J connectivity index is 1.58. The SMILES string of the molecule is FC(F)(F)Oc1ccc(-n2nnnc2SCCOc2ccccc2)cc1. The summed E-state index contributed by atoms with van der Waals surface area (Å²) in [6, 6.07) is 14.7. The Morgan fingerprint density at radius 1 is 0.962 bits per heavy atom. The highest BCUT2D eigenvalue weighted by atomic mass is 32.2. The molecule has 26 heavy (non-hydrogen) atoms. The van der Waals surface area contributed by atoms with E-state index in [-0.39, 0.29) is 5.75 Å². The van der Waals surface area contributed by atoms with Crippen molar-refractivity contribution in [2.75, 3.05) is 12.4 Å². The molecular weight excluding hydrogens is 369 g/mol. The maximum absolute atomic E-state index is 12.2. The van der Waals surface area contributed by atoms with Crippen molar-refractivity contribution in [3.05, 3.63) is 54.6 Å². The van der Waals surface area contributed by atoms with Crippen molar-refractivity contribution >= 4 is 11.8 Å².